The van der Waals surface area contributed by atoms with Gasteiger partial charge in [-0.1, -0.05) is 0 Å². The van der Waals surface area contributed by atoms with Crippen LogP contribution in [0.3, 0.4) is 0 Å². The molecule has 0 radical (unpaired) electrons. The number of rotatable bonds is 1. The number of carbonyl (C=O) groups is 1. The van der Waals surface area contributed by atoms with Crippen LogP contribution >= 0.6 is 23.2 Å². The Morgan fingerprint density at radius 3 is 2.67 bits per heavy atom. The quantitative estimate of drug-likeness (QED) is 0.355. The van der Waals surface area contributed by atoms with Crippen molar-refractivity contribution in [2.24, 2.45) is 0 Å². The predicted molar refractivity (Wildman–Crippen MR) is 36.9 cm³/mol. The van der Waals surface area contributed by atoms with Gasteiger partial charge in [0.25, 0.3) is 0 Å². The van der Waals surface area contributed by atoms with Crippen LogP contribution in [0, 0.1) is 0 Å². The van der Waals surface area contributed by atoms with Gasteiger partial charge in [0, 0.05) is 0 Å². The Labute approximate surface area is 63.5 Å². The smallest absolute Gasteiger partial charge is 0.143 e. The molecular weight excluding hydrogens is 161 g/mol. The molecule has 0 spiro atoms. The van der Waals surface area contributed by atoms with Crippen molar-refractivity contribution in [2.75, 3.05) is 6.54 Å². The molecule has 0 aromatic carbocycles. The van der Waals surface area contributed by atoms with Crippen LogP contribution in [0.2, 0.25) is 0 Å². The van der Waals surface area contributed by atoms with Crippen LogP contribution in [-0.4, -0.2) is 23.2 Å². The molecule has 4 heteroatoms. The van der Waals surface area contributed by atoms with E-state index >= 15 is 0 Å². The standard InChI is InChI=1S/C5H7Cl2NO/c6-4-5(7,3-9)1-2-8-4/h3-4,8H,1-2H2. The highest BCUT2D eigenvalue weighted by Crippen LogP contribution is 2.28. The zero-order chi connectivity index (χ0) is 6.91. The number of nitrogens with one attached hydrogen (secondary N) is 1. The van der Waals surface area contributed by atoms with Crippen molar-refractivity contribution in [1.29, 1.82) is 0 Å². The van der Waals surface area contributed by atoms with Crippen molar-refractivity contribution < 1.29 is 4.79 Å². The van der Waals surface area contributed by atoms with E-state index in [1.165, 1.54) is 0 Å². The summed E-state index contributed by atoms with van der Waals surface area (Å²) >= 11 is 11.4. The molecule has 1 rings (SSSR count). The van der Waals surface area contributed by atoms with Crippen molar-refractivity contribution in [3.05, 3.63) is 0 Å². The zero-order valence-electron chi connectivity index (χ0n) is 4.73. The monoisotopic (exact) mass is 167 g/mol. The highest BCUT2D eigenvalue weighted by Gasteiger charge is 2.39. The normalized spacial score (nSPS) is 43.1. The molecule has 0 amide bonds. The summed E-state index contributed by atoms with van der Waals surface area (Å²) in [7, 11) is 0. The summed E-state index contributed by atoms with van der Waals surface area (Å²) in [5, 5.41) is 2.86. The summed E-state index contributed by atoms with van der Waals surface area (Å²) in [5.74, 6) is 0. The first-order valence-corrected chi connectivity index (χ1v) is 3.53. The van der Waals surface area contributed by atoms with E-state index < -0.39 is 10.4 Å². The van der Waals surface area contributed by atoms with Crippen LogP contribution in [0.5, 0.6) is 0 Å². The molecule has 1 aliphatic heterocycles. The third kappa shape index (κ3) is 1.20. The van der Waals surface area contributed by atoms with E-state index in [0.29, 0.717) is 12.7 Å². The average Bonchev–Trinajstić information content (AvgIpc) is 2.15. The first kappa shape index (κ1) is 7.32. The molecule has 2 nitrogen and oxygen atoms in total. The van der Waals surface area contributed by atoms with E-state index in [2.05, 4.69) is 5.32 Å². The molecular formula is C5H7Cl2NO. The number of halogens is 2. The molecule has 52 valence electrons. The lowest BCUT2D eigenvalue weighted by Gasteiger charge is -2.14. The lowest BCUT2D eigenvalue weighted by atomic mass is 10.1. The Morgan fingerprint density at radius 2 is 2.44 bits per heavy atom. The van der Waals surface area contributed by atoms with E-state index in [0.717, 1.165) is 6.54 Å². The summed E-state index contributed by atoms with van der Waals surface area (Å²) in [6.45, 7) is 0.719. The van der Waals surface area contributed by atoms with Crippen molar-refractivity contribution in [3.8, 4) is 0 Å². The van der Waals surface area contributed by atoms with Gasteiger partial charge in [0.15, 0.2) is 0 Å². The van der Waals surface area contributed by atoms with Crippen LogP contribution in [0.25, 0.3) is 0 Å². The Kier molecular flexibility index (Phi) is 1.99. The fourth-order valence-corrected chi connectivity index (χ4v) is 1.25. The van der Waals surface area contributed by atoms with Crippen molar-refractivity contribution >= 4 is 29.5 Å². The fourth-order valence-electron chi connectivity index (χ4n) is 0.806. The minimum Gasteiger partial charge on any atom is -0.301 e. The molecule has 2 unspecified atom stereocenters. The number of carbonyl (C=O) groups excluding carboxylic acids is 1. The molecule has 1 N–H and O–H groups in total. The second kappa shape index (κ2) is 2.45. The first-order valence-electron chi connectivity index (χ1n) is 2.72. The molecule has 1 fully saturated rings. The molecule has 0 saturated carbocycles. The lowest BCUT2D eigenvalue weighted by molar-refractivity contribution is -0.109. The highest BCUT2D eigenvalue weighted by atomic mass is 35.5. The molecule has 9 heavy (non-hydrogen) atoms. The van der Waals surface area contributed by atoms with E-state index in [9.17, 15) is 4.79 Å². The molecule has 1 heterocycles. The SMILES string of the molecule is O=CC1(Cl)CCNC1Cl. The number of hydrogen-bond acceptors (Lipinski definition) is 2. The van der Waals surface area contributed by atoms with Crippen molar-refractivity contribution in [2.45, 2.75) is 16.8 Å². The first-order chi connectivity index (χ1) is 4.19. The van der Waals surface area contributed by atoms with E-state index in [-0.39, 0.29) is 0 Å². The van der Waals surface area contributed by atoms with Gasteiger partial charge in [0.1, 0.15) is 16.7 Å². The highest BCUT2D eigenvalue weighted by molar-refractivity contribution is 6.38. The predicted octanol–water partition coefficient (Wildman–Crippen LogP) is 0.721. The summed E-state index contributed by atoms with van der Waals surface area (Å²) in [4.78, 5) is 9.42. The van der Waals surface area contributed by atoms with Gasteiger partial charge < -0.3 is 4.79 Å². The topological polar surface area (TPSA) is 29.1 Å². The second-order valence-electron chi connectivity index (χ2n) is 2.11. The summed E-state index contributed by atoms with van der Waals surface area (Å²) in [5.41, 5.74) is -0.406. The van der Waals surface area contributed by atoms with Gasteiger partial charge in [-0.3, -0.25) is 5.32 Å². The third-order valence-corrected chi connectivity index (χ3v) is 2.60. The van der Waals surface area contributed by atoms with E-state index in [1.807, 2.05) is 0 Å². The number of alkyl halides is 2. The second-order valence-corrected chi connectivity index (χ2v) is 3.25. The van der Waals surface area contributed by atoms with Gasteiger partial charge >= 0.3 is 0 Å². The number of hydrogen-bond donors (Lipinski definition) is 1. The van der Waals surface area contributed by atoms with Crippen molar-refractivity contribution in [1.82, 2.24) is 5.32 Å². The van der Waals surface area contributed by atoms with Gasteiger partial charge in [0.05, 0.1) is 0 Å². The summed E-state index contributed by atoms with van der Waals surface area (Å²) < 4.78 is 0. The summed E-state index contributed by atoms with van der Waals surface area (Å²) in [6, 6.07) is 0. The third-order valence-electron chi connectivity index (χ3n) is 1.45. The largest absolute Gasteiger partial charge is 0.301 e. The Morgan fingerprint density at radius 1 is 1.78 bits per heavy atom. The van der Waals surface area contributed by atoms with Crippen molar-refractivity contribution in [3.63, 3.8) is 0 Å². The molecule has 0 aromatic rings. The fraction of sp³-hybridized carbons (Fsp3) is 0.800. The molecule has 1 aliphatic rings. The van der Waals surface area contributed by atoms with Gasteiger partial charge in [-0.15, -0.1) is 23.2 Å². The van der Waals surface area contributed by atoms with Crippen LogP contribution < -0.4 is 5.32 Å². The minimum absolute atomic E-state index is 0.406. The van der Waals surface area contributed by atoms with Gasteiger partial charge in [-0.05, 0) is 13.0 Å². The Balaban J connectivity index is 2.66. The van der Waals surface area contributed by atoms with Crippen LogP contribution in [0.1, 0.15) is 6.42 Å². The molecule has 0 aromatic heterocycles. The maximum absolute atomic E-state index is 10.3. The van der Waals surface area contributed by atoms with Crippen LogP contribution in [-0.2, 0) is 4.79 Å². The lowest BCUT2D eigenvalue weighted by Crippen LogP contribution is -2.34. The van der Waals surface area contributed by atoms with Crippen LogP contribution in [0.4, 0.5) is 0 Å². The number of aldehydes is 1. The molecule has 0 bridgehead atoms. The average molecular weight is 168 g/mol. The van der Waals surface area contributed by atoms with E-state index in [4.69, 9.17) is 23.2 Å². The molecule has 0 aliphatic carbocycles. The summed E-state index contributed by atoms with van der Waals surface area (Å²) in [6.07, 6.45) is 1.32. The molecule has 2 atom stereocenters. The van der Waals surface area contributed by atoms with Gasteiger partial charge in [0.2, 0.25) is 0 Å². The van der Waals surface area contributed by atoms with E-state index in [1.54, 1.807) is 0 Å². The zero-order valence-corrected chi connectivity index (χ0v) is 6.24. The Hall–Kier alpha value is 0.210. The molecule has 1 saturated heterocycles. The van der Waals surface area contributed by atoms with Gasteiger partial charge in [-0.2, -0.15) is 0 Å². The maximum Gasteiger partial charge on any atom is 0.143 e. The maximum atomic E-state index is 10.3. The minimum atomic E-state index is -0.860. The van der Waals surface area contributed by atoms with Crippen LogP contribution in [0.15, 0.2) is 0 Å². The Bertz CT molecular complexity index is 130. The van der Waals surface area contributed by atoms with Gasteiger partial charge in [-0.25, -0.2) is 0 Å².